The molecule has 28 heavy (non-hydrogen) atoms. The van der Waals surface area contributed by atoms with Crippen LogP contribution in [0.15, 0.2) is 72.8 Å². The van der Waals surface area contributed by atoms with Crippen molar-refractivity contribution in [1.29, 1.82) is 0 Å². The van der Waals surface area contributed by atoms with Crippen LogP contribution in [-0.2, 0) is 6.54 Å². The molecule has 0 bridgehead atoms. The highest BCUT2D eigenvalue weighted by Crippen LogP contribution is 2.31. The summed E-state index contributed by atoms with van der Waals surface area (Å²) in [6.45, 7) is 4.63. The van der Waals surface area contributed by atoms with Crippen LogP contribution < -0.4 is 5.32 Å². The van der Waals surface area contributed by atoms with Gasteiger partial charge in [-0.3, -0.25) is 0 Å². The Labute approximate surface area is 176 Å². The van der Waals surface area contributed by atoms with Gasteiger partial charge in [-0.15, -0.1) is 0 Å². The lowest BCUT2D eigenvalue weighted by Gasteiger charge is -2.33. The van der Waals surface area contributed by atoms with E-state index in [1.165, 1.54) is 0 Å². The van der Waals surface area contributed by atoms with Gasteiger partial charge in [0.2, 0.25) is 0 Å². The summed E-state index contributed by atoms with van der Waals surface area (Å²) < 4.78 is 0. The van der Waals surface area contributed by atoms with E-state index in [0.29, 0.717) is 16.7 Å². The number of rotatable bonds is 5. The molecule has 3 aromatic rings. The van der Waals surface area contributed by atoms with Crippen LogP contribution in [0.2, 0.25) is 5.02 Å². The molecular weight excluding hydrogens is 388 g/mol. The predicted molar refractivity (Wildman–Crippen MR) is 121 cm³/mol. The topological polar surface area (TPSA) is 35.5 Å². The predicted octanol–water partition coefficient (Wildman–Crippen LogP) is 6.31. The summed E-state index contributed by atoms with van der Waals surface area (Å²) in [5.41, 5.74) is 3.80. The molecule has 3 rings (SSSR count). The lowest BCUT2D eigenvalue weighted by Crippen LogP contribution is -2.36. The molecule has 144 valence electrons. The Morgan fingerprint density at radius 3 is 2.43 bits per heavy atom. The number of hydrogen-bond acceptors (Lipinski definition) is 2. The Bertz CT molecular complexity index is 962. The summed E-state index contributed by atoms with van der Waals surface area (Å²) in [5, 5.41) is 14.8. The summed E-state index contributed by atoms with van der Waals surface area (Å²) >= 11 is 12.1. The summed E-state index contributed by atoms with van der Waals surface area (Å²) in [7, 11) is 0. The van der Waals surface area contributed by atoms with Gasteiger partial charge in [0.25, 0.3) is 0 Å². The largest absolute Gasteiger partial charge is 0.508 e. The number of benzene rings is 3. The van der Waals surface area contributed by atoms with Gasteiger partial charge in [-0.1, -0.05) is 66.2 Å². The number of aromatic hydroxyl groups is 1. The molecule has 0 aromatic heterocycles. The molecule has 0 aliphatic carbocycles. The maximum absolute atomic E-state index is 10.3. The van der Waals surface area contributed by atoms with E-state index in [-0.39, 0.29) is 11.8 Å². The normalized spacial score (nSPS) is 11.7. The van der Waals surface area contributed by atoms with Gasteiger partial charge in [0.1, 0.15) is 5.75 Å². The molecule has 0 saturated heterocycles. The zero-order valence-electron chi connectivity index (χ0n) is 15.9. The zero-order valence-corrected chi connectivity index (χ0v) is 17.5. The molecule has 1 unspecified atom stereocenters. The van der Waals surface area contributed by atoms with Gasteiger partial charge in [0.15, 0.2) is 5.11 Å². The summed E-state index contributed by atoms with van der Waals surface area (Å²) in [6.07, 6.45) is 0. The van der Waals surface area contributed by atoms with Crippen LogP contribution in [0.1, 0.15) is 29.7 Å². The van der Waals surface area contributed by atoms with E-state index in [0.717, 1.165) is 22.4 Å². The fourth-order valence-corrected chi connectivity index (χ4v) is 3.70. The lowest BCUT2D eigenvalue weighted by molar-refractivity contribution is 0.324. The number of para-hydroxylation sites is 1. The Morgan fingerprint density at radius 1 is 1.07 bits per heavy atom. The molecule has 0 heterocycles. The van der Waals surface area contributed by atoms with Gasteiger partial charge in [-0.05, 0) is 55.4 Å². The fourth-order valence-electron chi connectivity index (χ4n) is 3.08. The summed E-state index contributed by atoms with van der Waals surface area (Å²) in [4.78, 5) is 2.05. The van der Waals surface area contributed by atoms with Gasteiger partial charge in [-0.2, -0.15) is 0 Å². The first kappa shape index (κ1) is 20.2. The SMILES string of the molecule is Cc1ccc(NC(=S)N(Cc2ccccc2)C(C)c2ccccc2O)c(Cl)c1. The number of thiocarbonyl (C=S) groups is 1. The maximum atomic E-state index is 10.3. The van der Waals surface area contributed by atoms with Crippen molar-refractivity contribution in [3.05, 3.63) is 94.5 Å². The molecule has 3 nitrogen and oxygen atoms in total. The van der Waals surface area contributed by atoms with E-state index in [2.05, 4.69) is 22.3 Å². The summed E-state index contributed by atoms with van der Waals surface area (Å²) in [6, 6.07) is 23.2. The number of hydrogen-bond donors (Lipinski definition) is 2. The van der Waals surface area contributed by atoms with Gasteiger partial charge >= 0.3 is 0 Å². The van der Waals surface area contributed by atoms with Crippen LogP contribution in [0.3, 0.4) is 0 Å². The van der Waals surface area contributed by atoms with Crippen LogP contribution >= 0.6 is 23.8 Å². The van der Waals surface area contributed by atoms with Crippen LogP contribution in [-0.4, -0.2) is 15.1 Å². The second-order valence-electron chi connectivity index (χ2n) is 6.76. The van der Waals surface area contributed by atoms with Gasteiger partial charge < -0.3 is 15.3 Å². The molecule has 0 amide bonds. The van der Waals surface area contributed by atoms with Gasteiger partial charge in [0, 0.05) is 12.1 Å². The third-order valence-corrected chi connectivity index (χ3v) is 5.33. The summed E-state index contributed by atoms with van der Waals surface area (Å²) in [5.74, 6) is 0.254. The number of phenolic OH excluding ortho intramolecular Hbond substituents is 1. The van der Waals surface area contributed by atoms with Crippen molar-refractivity contribution in [3.8, 4) is 5.75 Å². The van der Waals surface area contributed by atoms with Gasteiger partial charge in [-0.25, -0.2) is 0 Å². The molecule has 0 aliphatic heterocycles. The van der Waals surface area contributed by atoms with E-state index >= 15 is 0 Å². The van der Waals surface area contributed by atoms with Gasteiger partial charge in [0.05, 0.1) is 16.8 Å². The highest BCUT2D eigenvalue weighted by molar-refractivity contribution is 7.80. The van der Waals surface area contributed by atoms with Crippen molar-refractivity contribution in [2.75, 3.05) is 5.32 Å². The number of aryl methyl sites for hydroxylation is 1. The first-order chi connectivity index (χ1) is 13.5. The van der Waals surface area contributed by atoms with Crippen molar-refractivity contribution in [2.24, 2.45) is 0 Å². The highest BCUT2D eigenvalue weighted by Gasteiger charge is 2.22. The fraction of sp³-hybridized carbons (Fsp3) is 0.174. The Morgan fingerprint density at radius 2 is 1.75 bits per heavy atom. The Balaban J connectivity index is 1.90. The zero-order chi connectivity index (χ0) is 20.1. The monoisotopic (exact) mass is 410 g/mol. The molecule has 1 atom stereocenters. The van der Waals surface area contributed by atoms with E-state index in [1.54, 1.807) is 6.07 Å². The maximum Gasteiger partial charge on any atom is 0.174 e. The standard InChI is InChI=1S/C23H23ClN2OS/c1-16-12-13-21(20(24)14-16)25-23(28)26(15-18-8-4-3-5-9-18)17(2)19-10-6-7-11-22(19)27/h3-14,17,27H,15H2,1-2H3,(H,25,28). The third kappa shape index (κ3) is 4.83. The molecule has 5 heteroatoms. The smallest absolute Gasteiger partial charge is 0.174 e. The molecule has 3 aromatic carbocycles. The minimum absolute atomic E-state index is 0.134. The second-order valence-corrected chi connectivity index (χ2v) is 7.56. The molecule has 0 radical (unpaired) electrons. The van der Waals surface area contributed by atoms with Crippen molar-refractivity contribution in [3.63, 3.8) is 0 Å². The van der Waals surface area contributed by atoms with E-state index in [1.807, 2.05) is 68.4 Å². The molecule has 0 fully saturated rings. The molecule has 0 aliphatic rings. The lowest BCUT2D eigenvalue weighted by atomic mass is 10.1. The van der Waals surface area contributed by atoms with Crippen LogP contribution in [0.5, 0.6) is 5.75 Å². The molecule has 0 saturated carbocycles. The third-order valence-electron chi connectivity index (χ3n) is 4.68. The van der Waals surface area contributed by atoms with Crippen molar-refractivity contribution in [1.82, 2.24) is 4.90 Å². The number of halogens is 1. The van der Waals surface area contributed by atoms with Crippen LogP contribution in [0.4, 0.5) is 5.69 Å². The van der Waals surface area contributed by atoms with Crippen molar-refractivity contribution < 1.29 is 5.11 Å². The molecular formula is C23H23ClN2OS. The number of phenols is 1. The Kier molecular flexibility index (Phi) is 6.55. The minimum atomic E-state index is -0.134. The first-order valence-corrected chi connectivity index (χ1v) is 9.90. The van der Waals surface area contributed by atoms with Crippen molar-refractivity contribution in [2.45, 2.75) is 26.4 Å². The molecule has 0 spiro atoms. The quantitative estimate of drug-likeness (QED) is 0.483. The second kappa shape index (κ2) is 9.09. The van der Waals surface area contributed by atoms with Crippen LogP contribution in [0, 0.1) is 6.92 Å². The average Bonchev–Trinajstić information content (AvgIpc) is 2.69. The number of nitrogens with zero attached hydrogens (tertiary/aromatic N) is 1. The minimum Gasteiger partial charge on any atom is -0.508 e. The van der Waals surface area contributed by atoms with E-state index in [9.17, 15) is 5.11 Å². The number of nitrogens with one attached hydrogen (secondary N) is 1. The van der Waals surface area contributed by atoms with E-state index in [4.69, 9.17) is 23.8 Å². The first-order valence-electron chi connectivity index (χ1n) is 9.11. The van der Waals surface area contributed by atoms with Crippen molar-refractivity contribution >= 4 is 34.6 Å². The number of anilines is 1. The average molecular weight is 411 g/mol. The highest BCUT2D eigenvalue weighted by atomic mass is 35.5. The Hall–Kier alpha value is -2.56. The van der Waals surface area contributed by atoms with E-state index < -0.39 is 0 Å². The van der Waals surface area contributed by atoms with Crippen LogP contribution in [0.25, 0.3) is 0 Å². The molecule has 2 N–H and O–H groups in total.